The smallest absolute Gasteiger partial charge is 0.255 e. The zero-order valence-electron chi connectivity index (χ0n) is 12.3. The van der Waals surface area contributed by atoms with Gasteiger partial charge in [0, 0.05) is 24.7 Å². The molecule has 0 aliphatic rings. The molecule has 2 heterocycles. The highest BCUT2D eigenvalue weighted by atomic mass is 32.1. The number of pyridine rings is 1. The average Bonchev–Trinajstić information content (AvgIpc) is 2.99. The van der Waals surface area contributed by atoms with Gasteiger partial charge in [0.2, 0.25) is 0 Å². The van der Waals surface area contributed by atoms with Crippen LogP contribution in [0.3, 0.4) is 0 Å². The number of rotatable bonds is 6. The fourth-order valence-electron chi connectivity index (χ4n) is 2.14. The zero-order valence-corrected chi connectivity index (χ0v) is 13.2. The predicted octanol–water partition coefficient (Wildman–Crippen LogP) is 3.48. The van der Waals surface area contributed by atoms with Gasteiger partial charge in [-0.3, -0.25) is 4.79 Å². The Hall–Kier alpha value is -1.39. The minimum absolute atomic E-state index is 0.120. The van der Waals surface area contributed by atoms with E-state index in [4.69, 9.17) is 0 Å². The van der Waals surface area contributed by atoms with Crippen LogP contribution in [-0.2, 0) is 13.1 Å². The topological polar surface area (TPSA) is 34.0 Å². The van der Waals surface area contributed by atoms with Gasteiger partial charge in [-0.15, -0.1) is 11.3 Å². The van der Waals surface area contributed by atoms with Crippen LogP contribution in [0.2, 0.25) is 0 Å². The summed E-state index contributed by atoms with van der Waals surface area (Å²) in [6, 6.07) is 8.52. The molecule has 1 N–H and O–H groups in total. The van der Waals surface area contributed by atoms with Gasteiger partial charge in [-0.05, 0) is 37.8 Å². The summed E-state index contributed by atoms with van der Waals surface area (Å²) >= 11 is 1.67. The van der Waals surface area contributed by atoms with Crippen molar-refractivity contribution >= 4 is 11.3 Å². The fourth-order valence-corrected chi connectivity index (χ4v) is 2.90. The standard InChI is InChI=1S/C16H22N2OS/c1-4-12(3)17-11-13-8-9-14(15-7-6-10-20-15)18(5-2)16(13)19/h6-10,12,17H,4-5,11H2,1-3H3. The molecule has 2 aromatic heterocycles. The van der Waals surface area contributed by atoms with Crippen LogP contribution in [0.4, 0.5) is 0 Å². The fraction of sp³-hybridized carbons (Fsp3) is 0.438. The Labute approximate surface area is 124 Å². The maximum absolute atomic E-state index is 12.5. The second-order valence-electron chi connectivity index (χ2n) is 4.96. The second-order valence-corrected chi connectivity index (χ2v) is 5.91. The maximum Gasteiger partial charge on any atom is 0.255 e. The molecule has 2 rings (SSSR count). The molecule has 0 spiro atoms. The van der Waals surface area contributed by atoms with Crippen LogP contribution in [0.1, 0.15) is 32.8 Å². The summed E-state index contributed by atoms with van der Waals surface area (Å²) in [5, 5.41) is 5.42. The lowest BCUT2D eigenvalue weighted by Gasteiger charge is -2.14. The van der Waals surface area contributed by atoms with Crippen molar-refractivity contribution in [3.05, 3.63) is 45.6 Å². The third kappa shape index (κ3) is 3.19. The summed E-state index contributed by atoms with van der Waals surface area (Å²) in [6.45, 7) is 7.63. The largest absolute Gasteiger partial charge is 0.310 e. The quantitative estimate of drug-likeness (QED) is 0.883. The monoisotopic (exact) mass is 290 g/mol. The number of hydrogen-bond donors (Lipinski definition) is 1. The molecule has 108 valence electrons. The van der Waals surface area contributed by atoms with Crippen LogP contribution in [0.5, 0.6) is 0 Å². The number of aromatic nitrogens is 1. The molecule has 0 saturated carbocycles. The minimum Gasteiger partial charge on any atom is -0.310 e. The summed E-state index contributed by atoms with van der Waals surface area (Å²) < 4.78 is 1.86. The van der Waals surface area contributed by atoms with Crippen LogP contribution in [0.25, 0.3) is 10.6 Å². The van der Waals surface area contributed by atoms with E-state index in [-0.39, 0.29) is 5.56 Å². The van der Waals surface area contributed by atoms with E-state index in [2.05, 4.69) is 31.3 Å². The summed E-state index contributed by atoms with van der Waals surface area (Å²) in [6.07, 6.45) is 1.06. The van der Waals surface area contributed by atoms with E-state index in [9.17, 15) is 4.79 Å². The first-order valence-electron chi connectivity index (χ1n) is 7.17. The molecule has 0 aliphatic carbocycles. The minimum atomic E-state index is 0.120. The summed E-state index contributed by atoms with van der Waals surface area (Å²) in [5.74, 6) is 0. The molecular weight excluding hydrogens is 268 g/mol. The van der Waals surface area contributed by atoms with Gasteiger partial charge in [-0.25, -0.2) is 0 Å². The molecule has 20 heavy (non-hydrogen) atoms. The Morgan fingerprint density at radius 2 is 2.10 bits per heavy atom. The SMILES string of the molecule is CCC(C)NCc1ccc(-c2cccs2)n(CC)c1=O. The molecule has 0 aromatic carbocycles. The number of hydrogen-bond acceptors (Lipinski definition) is 3. The molecule has 0 fully saturated rings. The van der Waals surface area contributed by atoms with E-state index in [1.54, 1.807) is 11.3 Å². The molecule has 1 atom stereocenters. The highest BCUT2D eigenvalue weighted by molar-refractivity contribution is 7.13. The first kappa shape index (κ1) is 15.0. The lowest BCUT2D eigenvalue weighted by atomic mass is 10.2. The molecule has 1 unspecified atom stereocenters. The van der Waals surface area contributed by atoms with E-state index in [0.29, 0.717) is 19.1 Å². The van der Waals surface area contributed by atoms with Crippen LogP contribution in [0, 0.1) is 0 Å². The molecule has 0 aliphatic heterocycles. The van der Waals surface area contributed by atoms with E-state index < -0.39 is 0 Å². The molecular formula is C16H22N2OS. The molecule has 0 saturated heterocycles. The summed E-state index contributed by atoms with van der Waals surface area (Å²) in [7, 11) is 0. The van der Waals surface area contributed by atoms with Gasteiger partial charge in [-0.1, -0.05) is 19.1 Å². The Kier molecular flexibility index (Phi) is 5.15. The maximum atomic E-state index is 12.5. The van der Waals surface area contributed by atoms with Crippen molar-refractivity contribution in [1.82, 2.24) is 9.88 Å². The molecule has 3 nitrogen and oxygen atoms in total. The molecule has 2 aromatic rings. The highest BCUT2D eigenvalue weighted by Crippen LogP contribution is 2.23. The van der Waals surface area contributed by atoms with Crippen molar-refractivity contribution in [2.75, 3.05) is 0 Å². The molecule has 4 heteroatoms. The van der Waals surface area contributed by atoms with Crippen molar-refractivity contribution < 1.29 is 0 Å². The van der Waals surface area contributed by atoms with Gasteiger partial charge in [-0.2, -0.15) is 0 Å². The lowest BCUT2D eigenvalue weighted by Crippen LogP contribution is -2.31. The normalized spacial score (nSPS) is 12.6. The van der Waals surface area contributed by atoms with Crippen LogP contribution in [0.15, 0.2) is 34.4 Å². The van der Waals surface area contributed by atoms with Gasteiger partial charge in [0.25, 0.3) is 5.56 Å². The van der Waals surface area contributed by atoms with E-state index in [0.717, 1.165) is 22.6 Å². The first-order chi connectivity index (χ1) is 9.67. The first-order valence-corrected chi connectivity index (χ1v) is 8.05. The molecule has 0 bridgehead atoms. The Morgan fingerprint density at radius 3 is 2.70 bits per heavy atom. The van der Waals surface area contributed by atoms with Crippen molar-refractivity contribution in [2.45, 2.75) is 46.3 Å². The number of nitrogens with zero attached hydrogens (tertiary/aromatic N) is 1. The van der Waals surface area contributed by atoms with E-state index in [1.165, 1.54) is 0 Å². The average molecular weight is 290 g/mol. The lowest BCUT2D eigenvalue weighted by molar-refractivity contribution is 0.529. The van der Waals surface area contributed by atoms with Crippen LogP contribution >= 0.6 is 11.3 Å². The number of nitrogens with one attached hydrogen (secondary N) is 1. The van der Waals surface area contributed by atoms with Crippen molar-refractivity contribution in [3.8, 4) is 10.6 Å². The van der Waals surface area contributed by atoms with E-state index >= 15 is 0 Å². The van der Waals surface area contributed by atoms with Crippen molar-refractivity contribution in [3.63, 3.8) is 0 Å². The Balaban J connectivity index is 2.32. The third-order valence-electron chi connectivity index (χ3n) is 3.60. The third-order valence-corrected chi connectivity index (χ3v) is 4.49. The van der Waals surface area contributed by atoms with Gasteiger partial charge in [0.15, 0.2) is 0 Å². The van der Waals surface area contributed by atoms with Gasteiger partial charge < -0.3 is 9.88 Å². The Bertz CT molecular complexity index is 601. The van der Waals surface area contributed by atoms with Crippen LogP contribution < -0.4 is 10.9 Å². The predicted molar refractivity (Wildman–Crippen MR) is 86.3 cm³/mol. The van der Waals surface area contributed by atoms with Crippen molar-refractivity contribution in [2.24, 2.45) is 0 Å². The van der Waals surface area contributed by atoms with Gasteiger partial charge >= 0.3 is 0 Å². The molecule has 0 radical (unpaired) electrons. The highest BCUT2D eigenvalue weighted by Gasteiger charge is 2.10. The second kappa shape index (κ2) is 6.86. The Morgan fingerprint density at radius 1 is 1.30 bits per heavy atom. The van der Waals surface area contributed by atoms with E-state index in [1.807, 2.05) is 29.0 Å². The summed E-state index contributed by atoms with van der Waals surface area (Å²) in [4.78, 5) is 13.7. The number of thiophene rings is 1. The van der Waals surface area contributed by atoms with Gasteiger partial charge in [0.1, 0.15) is 0 Å². The summed E-state index contributed by atoms with van der Waals surface area (Å²) in [5.41, 5.74) is 1.97. The van der Waals surface area contributed by atoms with Crippen LogP contribution in [-0.4, -0.2) is 10.6 Å². The molecule has 0 amide bonds. The van der Waals surface area contributed by atoms with Crippen molar-refractivity contribution in [1.29, 1.82) is 0 Å². The zero-order chi connectivity index (χ0) is 14.5. The van der Waals surface area contributed by atoms with Gasteiger partial charge in [0.05, 0.1) is 10.6 Å².